The molecule has 0 radical (unpaired) electrons. The van der Waals surface area contributed by atoms with Crippen LogP contribution in [0.3, 0.4) is 0 Å². The smallest absolute Gasteiger partial charge is 0.0521 e. The van der Waals surface area contributed by atoms with Crippen LogP contribution in [0.15, 0.2) is 12.4 Å². The third-order valence-corrected chi connectivity index (χ3v) is 1.88. The molecule has 1 aromatic rings. The van der Waals surface area contributed by atoms with Crippen LogP contribution in [0.4, 0.5) is 0 Å². The second-order valence-electron chi connectivity index (χ2n) is 2.88. The molecule has 0 aliphatic rings. The lowest BCUT2D eigenvalue weighted by Crippen LogP contribution is -1.92. The van der Waals surface area contributed by atoms with Crippen molar-refractivity contribution in [1.82, 2.24) is 9.78 Å². The predicted octanol–water partition coefficient (Wildman–Crippen LogP) is 1.22. The number of rotatable bonds is 5. The van der Waals surface area contributed by atoms with E-state index in [9.17, 15) is 0 Å². The van der Waals surface area contributed by atoms with E-state index < -0.39 is 0 Å². The summed E-state index contributed by atoms with van der Waals surface area (Å²) in [6.45, 7) is 3.30. The predicted molar refractivity (Wildman–Crippen MR) is 47.9 cm³/mol. The molecule has 0 saturated carbocycles. The van der Waals surface area contributed by atoms with Gasteiger partial charge in [-0.25, -0.2) is 0 Å². The zero-order chi connectivity index (χ0) is 8.81. The maximum absolute atomic E-state index is 8.57. The van der Waals surface area contributed by atoms with E-state index in [0.717, 1.165) is 25.8 Å². The molecule has 0 aliphatic heterocycles. The van der Waals surface area contributed by atoms with Gasteiger partial charge in [-0.1, -0.05) is 0 Å². The third kappa shape index (κ3) is 2.66. The van der Waals surface area contributed by atoms with E-state index in [1.54, 1.807) is 0 Å². The second kappa shape index (κ2) is 4.93. The highest BCUT2D eigenvalue weighted by molar-refractivity contribution is 5.03. The average Bonchev–Trinajstić information content (AvgIpc) is 2.53. The van der Waals surface area contributed by atoms with Crippen molar-refractivity contribution >= 4 is 0 Å². The van der Waals surface area contributed by atoms with E-state index >= 15 is 0 Å². The molecule has 3 heteroatoms. The van der Waals surface area contributed by atoms with Gasteiger partial charge in [0.15, 0.2) is 0 Å². The van der Waals surface area contributed by atoms with E-state index in [-0.39, 0.29) is 0 Å². The summed E-state index contributed by atoms with van der Waals surface area (Å²) in [5, 5.41) is 12.7. The number of aliphatic hydroxyl groups is 1. The first-order valence-electron chi connectivity index (χ1n) is 4.49. The normalized spacial score (nSPS) is 10.5. The minimum atomic E-state index is 0.294. The summed E-state index contributed by atoms with van der Waals surface area (Å²) >= 11 is 0. The summed E-state index contributed by atoms with van der Waals surface area (Å²) in [6.07, 6.45) is 6.93. The summed E-state index contributed by atoms with van der Waals surface area (Å²) in [7, 11) is 0. The van der Waals surface area contributed by atoms with Crippen LogP contribution in [0.1, 0.15) is 25.3 Å². The molecule has 1 heterocycles. The Bertz CT molecular complexity index is 220. The number of unbranched alkanes of at least 4 members (excludes halogenated alkanes) is 1. The lowest BCUT2D eigenvalue weighted by atomic mass is 10.2. The molecule has 0 saturated heterocycles. The number of nitrogens with zero attached hydrogens (tertiary/aromatic N) is 2. The molecule has 1 N–H and O–H groups in total. The van der Waals surface area contributed by atoms with Gasteiger partial charge < -0.3 is 5.11 Å². The van der Waals surface area contributed by atoms with Gasteiger partial charge in [0, 0.05) is 19.3 Å². The maximum Gasteiger partial charge on any atom is 0.0521 e. The third-order valence-electron chi connectivity index (χ3n) is 1.88. The molecule has 0 aromatic carbocycles. The van der Waals surface area contributed by atoms with Crippen LogP contribution >= 0.6 is 0 Å². The van der Waals surface area contributed by atoms with Crippen LogP contribution in [0.5, 0.6) is 0 Å². The topological polar surface area (TPSA) is 38.0 Å². The highest BCUT2D eigenvalue weighted by atomic mass is 16.2. The first-order chi connectivity index (χ1) is 5.86. The van der Waals surface area contributed by atoms with Gasteiger partial charge in [-0.2, -0.15) is 5.10 Å². The molecule has 0 aliphatic carbocycles. The van der Waals surface area contributed by atoms with E-state index in [1.807, 2.05) is 10.9 Å². The van der Waals surface area contributed by atoms with Crippen molar-refractivity contribution in [1.29, 1.82) is 0 Å². The van der Waals surface area contributed by atoms with Gasteiger partial charge >= 0.3 is 0 Å². The summed E-state index contributed by atoms with van der Waals surface area (Å²) in [4.78, 5) is 0. The minimum absolute atomic E-state index is 0.294. The Labute approximate surface area is 73.0 Å². The Morgan fingerprint density at radius 2 is 2.33 bits per heavy atom. The molecule has 0 spiro atoms. The number of aromatic nitrogens is 2. The first kappa shape index (κ1) is 9.26. The second-order valence-corrected chi connectivity index (χ2v) is 2.88. The van der Waals surface area contributed by atoms with Crippen molar-refractivity contribution in [2.45, 2.75) is 32.7 Å². The van der Waals surface area contributed by atoms with E-state index in [2.05, 4.69) is 18.2 Å². The van der Waals surface area contributed by atoms with Crippen LogP contribution < -0.4 is 0 Å². The number of aryl methyl sites for hydroxylation is 2. The summed E-state index contributed by atoms with van der Waals surface area (Å²) in [5.41, 5.74) is 1.27. The van der Waals surface area contributed by atoms with Crippen molar-refractivity contribution in [2.24, 2.45) is 0 Å². The van der Waals surface area contributed by atoms with E-state index in [4.69, 9.17) is 5.11 Å². The van der Waals surface area contributed by atoms with Gasteiger partial charge in [0.25, 0.3) is 0 Å². The number of hydrogen-bond donors (Lipinski definition) is 1. The Hall–Kier alpha value is -0.830. The van der Waals surface area contributed by atoms with E-state index in [1.165, 1.54) is 5.56 Å². The van der Waals surface area contributed by atoms with E-state index in [0.29, 0.717) is 6.61 Å². The van der Waals surface area contributed by atoms with Crippen LogP contribution in [0.2, 0.25) is 0 Å². The van der Waals surface area contributed by atoms with Crippen molar-refractivity contribution in [3.63, 3.8) is 0 Å². The molecule has 1 rings (SSSR count). The zero-order valence-corrected chi connectivity index (χ0v) is 7.53. The molecule has 12 heavy (non-hydrogen) atoms. The molecular weight excluding hydrogens is 152 g/mol. The number of aliphatic hydroxyl groups excluding tert-OH is 1. The number of hydrogen-bond acceptors (Lipinski definition) is 2. The monoisotopic (exact) mass is 168 g/mol. The summed E-state index contributed by atoms with van der Waals surface area (Å²) in [5.74, 6) is 0. The van der Waals surface area contributed by atoms with Crippen molar-refractivity contribution in [2.75, 3.05) is 6.61 Å². The molecule has 0 bridgehead atoms. The lowest BCUT2D eigenvalue weighted by molar-refractivity contribution is 0.284. The largest absolute Gasteiger partial charge is 0.396 e. The zero-order valence-electron chi connectivity index (χ0n) is 7.53. The molecule has 0 atom stereocenters. The van der Waals surface area contributed by atoms with Gasteiger partial charge in [-0.05, 0) is 31.7 Å². The van der Waals surface area contributed by atoms with Gasteiger partial charge in [0.05, 0.1) is 6.20 Å². The first-order valence-corrected chi connectivity index (χ1v) is 4.49. The average molecular weight is 168 g/mol. The van der Waals surface area contributed by atoms with Gasteiger partial charge in [0.2, 0.25) is 0 Å². The molecule has 0 unspecified atom stereocenters. The van der Waals surface area contributed by atoms with Gasteiger partial charge in [0.1, 0.15) is 0 Å². The fourth-order valence-electron chi connectivity index (χ4n) is 1.15. The Kier molecular flexibility index (Phi) is 3.80. The standard InChI is InChI=1S/C9H16N2O/c1-2-11-8-9(7-10-11)5-3-4-6-12/h7-8,12H,2-6H2,1H3. The van der Waals surface area contributed by atoms with Gasteiger partial charge in [-0.15, -0.1) is 0 Å². The summed E-state index contributed by atoms with van der Waals surface area (Å²) < 4.78 is 1.92. The highest BCUT2D eigenvalue weighted by Gasteiger charge is 1.96. The SMILES string of the molecule is CCn1cc(CCCCO)cn1. The van der Waals surface area contributed by atoms with Gasteiger partial charge in [-0.3, -0.25) is 4.68 Å². The Morgan fingerprint density at radius 1 is 1.50 bits per heavy atom. The Morgan fingerprint density at radius 3 is 2.92 bits per heavy atom. The molecular formula is C9H16N2O. The van der Waals surface area contributed by atoms with Crippen molar-refractivity contribution in [3.05, 3.63) is 18.0 Å². The molecule has 1 aromatic heterocycles. The Balaban J connectivity index is 2.31. The molecule has 68 valence electrons. The maximum atomic E-state index is 8.57. The lowest BCUT2D eigenvalue weighted by Gasteiger charge is -1.94. The van der Waals surface area contributed by atoms with Crippen LogP contribution in [0, 0.1) is 0 Å². The van der Waals surface area contributed by atoms with Crippen molar-refractivity contribution in [3.8, 4) is 0 Å². The fraction of sp³-hybridized carbons (Fsp3) is 0.667. The fourth-order valence-corrected chi connectivity index (χ4v) is 1.15. The molecule has 3 nitrogen and oxygen atoms in total. The highest BCUT2D eigenvalue weighted by Crippen LogP contribution is 2.03. The quantitative estimate of drug-likeness (QED) is 0.671. The van der Waals surface area contributed by atoms with Crippen LogP contribution in [0.25, 0.3) is 0 Å². The summed E-state index contributed by atoms with van der Waals surface area (Å²) in [6, 6.07) is 0. The minimum Gasteiger partial charge on any atom is -0.396 e. The van der Waals surface area contributed by atoms with Crippen molar-refractivity contribution < 1.29 is 5.11 Å². The molecule has 0 amide bonds. The van der Waals surface area contributed by atoms with Crippen LogP contribution in [-0.4, -0.2) is 21.5 Å². The molecule has 0 fully saturated rings. The van der Waals surface area contributed by atoms with Crippen LogP contribution in [-0.2, 0) is 13.0 Å².